The zero-order valence-electron chi connectivity index (χ0n) is 11.6. The van der Waals surface area contributed by atoms with E-state index < -0.39 is 11.6 Å². The molecule has 1 aliphatic rings. The van der Waals surface area contributed by atoms with E-state index in [2.05, 4.69) is 15.2 Å². The Kier molecular flexibility index (Phi) is 2.90. The van der Waals surface area contributed by atoms with Gasteiger partial charge in [0.15, 0.2) is 0 Å². The Morgan fingerprint density at radius 2 is 2.00 bits per heavy atom. The summed E-state index contributed by atoms with van der Waals surface area (Å²) in [7, 11) is 0. The topological polar surface area (TPSA) is 69.6 Å². The number of imidazole rings is 1. The number of hydrogen-bond donors (Lipinski definition) is 1. The molecule has 0 aliphatic carbocycles. The third kappa shape index (κ3) is 1.97. The van der Waals surface area contributed by atoms with Gasteiger partial charge in [0.2, 0.25) is 0 Å². The summed E-state index contributed by atoms with van der Waals surface area (Å²) in [6.45, 7) is 0.484. The van der Waals surface area contributed by atoms with Gasteiger partial charge in [-0.15, -0.1) is 0 Å². The first-order chi connectivity index (χ1) is 10.6. The summed E-state index contributed by atoms with van der Waals surface area (Å²) in [5.41, 5.74) is 8.12. The summed E-state index contributed by atoms with van der Waals surface area (Å²) in [6, 6.07) is 3.15. The van der Waals surface area contributed by atoms with Crippen LogP contribution in [0.1, 0.15) is 17.3 Å². The lowest BCUT2D eigenvalue weighted by Gasteiger charge is -2.30. The second-order valence-electron chi connectivity index (χ2n) is 5.54. The summed E-state index contributed by atoms with van der Waals surface area (Å²) in [4.78, 5) is 4.50. The van der Waals surface area contributed by atoms with Gasteiger partial charge in [0.1, 0.15) is 23.0 Å². The summed E-state index contributed by atoms with van der Waals surface area (Å²) in [5.74, 6) is -0.410. The van der Waals surface area contributed by atoms with E-state index >= 15 is 0 Å². The summed E-state index contributed by atoms with van der Waals surface area (Å²) < 4.78 is 29.5. The molecule has 0 saturated carbocycles. The smallest absolute Gasteiger partial charge is 0.126 e. The van der Waals surface area contributed by atoms with Crippen LogP contribution in [0.5, 0.6) is 0 Å². The molecule has 1 aliphatic heterocycles. The van der Waals surface area contributed by atoms with Crippen LogP contribution < -0.4 is 5.73 Å². The predicted molar refractivity (Wildman–Crippen MR) is 76.1 cm³/mol. The molecule has 0 saturated heterocycles. The summed E-state index contributed by atoms with van der Waals surface area (Å²) >= 11 is 0. The fourth-order valence-electron chi connectivity index (χ4n) is 3.13. The Labute approximate surface area is 124 Å². The van der Waals surface area contributed by atoms with Crippen LogP contribution >= 0.6 is 0 Å². The summed E-state index contributed by atoms with van der Waals surface area (Å²) in [6.07, 6.45) is 3.68. The first-order valence-electron chi connectivity index (χ1n) is 7.00. The van der Waals surface area contributed by atoms with Crippen molar-refractivity contribution in [1.82, 2.24) is 19.7 Å². The first kappa shape index (κ1) is 13.3. The maximum atomic E-state index is 14.0. The number of fused-ring (bicyclic) bond motifs is 3. The standard InChI is InChI=1S/C15H13F2N5/c16-8-1-2-11(17)9(3-8)10-4-15-21-13-5-19-20-6-14(13)22(15)7-12(10)18/h1-3,5-6,10,12H,4,7,18H2/t10-,12+/m1/s1. The van der Waals surface area contributed by atoms with Crippen molar-refractivity contribution in [2.75, 3.05) is 0 Å². The molecule has 1 aromatic carbocycles. The van der Waals surface area contributed by atoms with Crippen LogP contribution in [0.3, 0.4) is 0 Å². The minimum atomic E-state index is -0.462. The van der Waals surface area contributed by atoms with Gasteiger partial charge in [-0.2, -0.15) is 10.2 Å². The van der Waals surface area contributed by atoms with Gasteiger partial charge in [0.05, 0.1) is 17.9 Å². The van der Waals surface area contributed by atoms with E-state index in [4.69, 9.17) is 5.73 Å². The predicted octanol–water partition coefficient (Wildman–Crippen LogP) is 1.77. The molecule has 2 atom stereocenters. The van der Waals surface area contributed by atoms with E-state index in [1.54, 1.807) is 12.4 Å². The molecule has 0 radical (unpaired) electrons. The number of rotatable bonds is 1. The van der Waals surface area contributed by atoms with Crippen molar-refractivity contribution in [3.63, 3.8) is 0 Å². The highest BCUT2D eigenvalue weighted by Gasteiger charge is 2.31. The van der Waals surface area contributed by atoms with Gasteiger partial charge in [-0.1, -0.05) is 0 Å². The molecule has 0 amide bonds. The zero-order valence-corrected chi connectivity index (χ0v) is 11.6. The van der Waals surface area contributed by atoms with Crippen LogP contribution in [0.2, 0.25) is 0 Å². The highest BCUT2D eigenvalue weighted by molar-refractivity contribution is 5.74. The minimum Gasteiger partial charge on any atom is -0.326 e. The molecule has 3 heterocycles. The second kappa shape index (κ2) is 4.81. The summed E-state index contributed by atoms with van der Waals surface area (Å²) in [5, 5.41) is 7.67. The third-order valence-corrected chi connectivity index (χ3v) is 4.21. The SMILES string of the molecule is N[C@H]1Cn2c(nc3cnncc32)C[C@@H]1c1cc(F)ccc1F. The molecule has 5 nitrogen and oxygen atoms in total. The average Bonchev–Trinajstić information content (AvgIpc) is 2.87. The lowest BCUT2D eigenvalue weighted by Crippen LogP contribution is -2.39. The van der Waals surface area contributed by atoms with Crippen molar-refractivity contribution < 1.29 is 8.78 Å². The van der Waals surface area contributed by atoms with Gasteiger partial charge in [-0.25, -0.2) is 13.8 Å². The average molecular weight is 301 g/mol. The molecular formula is C15H13F2N5. The fraction of sp³-hybridized carbons (Fsp3) is 0.267. The lowest BCUT2D eigenvalue weighted by atomic mass is 9.86. The molecule has 22 heavy (non-hydrogen) atoms. The van der Waals surface area contributed by atoms with Gasteiger partial charge < -0.3 is 10.3 Å². The van der Waals surface area contributed by atoms with E-state index in [0.717, 1.165) is 29.0 Å². The van der Waals surface area contributed by atoms with Crippen molar-refractivity contribution >= 4 is 11.0 Å². The molecule has 0 unspecified atom stereocenters. The highest BCUT2D eigenvalue weighted by Crippen LogP contribution is 2.32. The Bertz CT molecular complexity index is 860. The zero-order chi connectivity index (χ0) is 15.3. The van der Waals surface area contributed by atoms with Gasteiger partial charge in [-0.3, -0.25) is 0 Å². The normalized spacial score (nSPS) is 21.0. The highest BCUT2D eigenvalue weighted by atomic mass is 19.1. The van der Waals surface area contributed by atoms with Gasteiger partial charge >= 0.3 is 0 Å². The molecule has 0 fully saturated rings. The molecule has 4 rings (SSSR count). The number of benzene rings is 1. The molecule has 0 spiro atoms. The largest absolute Gasteiger partial charge is 0.326 e. The maximum Gasteiger partial charge on any atom is 0.126 e. The Hall–Kier alpha value is -2.41. The Morgan fingerprint density at radius 3 is 2.86 bits per heavy atom. The van der Waals surface area contributed by atoms with Crippen molar-refractivity contribution in [3.8, 4) is 0 Å². The molecule has 7 heteroatoms. The van der Waals surface area contributed by atoms with E-state index in [1.165, 1.54) is 6.07 Å². The molecule has 2 N–H and O–H groups in total. The maximum absolute atomic E-state index is 14.0. The quantitative estimate of drug-likeness (QED) is 0.743. The van der Waals surface area contributed by atoms with Crippen LogP contribution in [0, 0.1) is 11.6 Å². The molecular weight excluding hydrogens is 288 g/mol. The van der Waals surface area contributed by atoms with Gasteiger partial charge in [0.25, 0.3) is 0 Å². The Balaban J connectivity index is 1.80. The van der Waals surface area contributed by atoms with Crippen LogP contribution in [0.15, 0.2) is 30.6 Å². The molecule has 112 valence electrons. The molecule has 3 aromatic rings. The van der Waals surface area contributed by atoms with Crippen molar-refractivity contribution in [3.05, 3.63) is 53.6 Å². The van der Waals surface area contributed by atoms with Crippen LogP contribution in [0.4, 0.5) is 8.78 Å². The fourth-order valence-corrected chi connectivity index (χ4v) is 3.13. The lowest BCUT2D eigenvalue weighted by molar-refractivity contribution is 0.395. The van der Waals surface area contributed by atoms with Crippen LogP contribution in [-0.2, 0) is 13.0 Å². The van der Waals surface area contributed by atoms with E-state index in [9.17, 15) is 8.78 Å². The van der Waals surface area contributed by atoms with Gasteiger partial charge in [0, 0.05) is 24.9 Å². The van der Waals surface area contributed by atoms with Gasteiger partial charge in [-0.05, 0) is 23.8 Å². The van der Waals surface area contributed by atoms with Crippen LogP contribution in [0.25, 0.3) is 11.0 Å². The molecule has 2 aromatic heterocycles. The number of nitrogens with zero attached hydrogens (tertiary/aromatic N) is 4. The van der Waals surface area contributed by atoms with E-state index in [-0.39, 0.29) is 12.0 Å². The van der Waals surface area contributed by atoms with Crippen molar-refractivity contribution in [2.24, 2.45) is 5.73 Å². The van der Waals surface area contributed by atoms with Crippen molar-refractivity contribution in [1.29, 1.82) is 0 Å². The number of halogens is 2. The van der Waals surface area contributed by atoms with Crippen molar-refractivity contribution in [2.45, 2.75) is 24.9 Å². The minimum absolute atomic E-state index is 0.305. The number of nitrogens with two attached hydrogens (primary N) is 1. The number of aromatic nitrogens is 4. The third-order valence-electron chi connectivity index (χ3n) is 4.21. The van der Waals surface area contributed by atoms with E-state index in [1.807, 2.05) is 4.57 Å². The van der Waals surface area contributed by atoms with Crippen LogP contribution in [-0.4, -0.2) is 25.8 Å². The first-order valence-corrected chi connectivity index (χ1v) is 7.00. The monoisotopic (exact) mass is 301 g/mol. The second-order valence-corrected chi connectivity index (χ2v) is 5.54. The number of hydrogen-bond acceptors (Lipinski definition) is 4. The van der Waals surface area contributed by atoms with E-state index in [0.29, 0.717) is 18.5 Å². The molecule has 0 bridgehead atoms. The Morgan fingerprint density at radius 1 is 1.18 bits per heavy atom.